The molecular weight excluding hydrogens is 521 g/mol. The summed E-state index contributed by atoms with van der Waals surface area (Å²) in [6.45, 7) is 1.50. The molecule has 1 N–H and O–H groups in total. The summed E-state index contributed by atoms with van der Waals surface area (Å²) in [6.07, 6.45) is 2.54. The van der Waals surface area contributed by atoms with Gasteiger partial charge in [-0.3, -0.25) is 4.68 Å². The summed E-state index contributed by atoms with van der Waals surface area (Å²) in [5.41, 5.74) is 6.31. The van der Waals surface area contributed by atoms with Crippen molar-refractivity contribution in [3.05, 3.63) is 112 Å². The summed E-state index contributed by atoms with van der Waals surface area (Å²) in [5, 5.41) is 17.6. The Morgan fingerprint density at radius 1 is 0.947 bits per heavy atom. The number of anilines is 1. The number of fused-ring (bicyclic) bond motifs is 1. The quantitative estimate of drug-likeness (QED) is 0.291. The number of aromatic nitrogens is 5. The van der Waals surface area contributed by atoms with Crippen molar-refractivity contribution < 1.29 is 4.79 Å². The molecule has 0 saturated carbocycles. The van der Waals surface area contributed by atoms with Crippen LogP contribution in [0.3, 0.4) is 0 Å². The molecule has 6 rings (SSSR count). The van der Waals surface area contributed by atoms with Crippen molar-refractivity contribution in [3.63, 3.8) is 0 Å². The molecule has 3 heterocycles. The van der Waals surface area contributed by atoms with Crippen LogP contribution < -0.4 is 5.32 Å². The second-order valence-corrected chi connectivity index (χ2v) is 9.83. The molecule has 2 amide bonds. The number of nitrogens with one attached hydrogen (secondary N) is 1. The maximum Gasteiger partial charge on any atom is 0.322 e. The van der Waals surface area contributed by atoms with Crippen LogP contribution in [0.2, 0.25) is 10.0 Å². The van der Waals surface area contributed by atoms with E-state index in [1.54, 1.807) is 16.8 Å². The first-order valence-electron chi connectivity index (χ1n) is 12.2. The zero-order valence-electron chi connectivity index (χ0n) is 20.3. The Balaban J connectivity index is 1.29. The van der Waals surface area contributed by atoms with E-state index in [0.717, 1.165) is 39.6 Å². The third-order valence-corrected chi connectivity index (χ3v) is 7.25. The minimum atomic E-state index is -0.127. The number of hydrogen-bond donors (Lipinski definition) is 1. The largest absolute Gasteiger partial charge is 0.322 e. The van der Waals surface area contributed by atoms with Gasteiger partial charge in [0.1, 0.15) is 5.69 Å². The number of urea groups is 1. The van der Waals surface area contributed by atoms with Crippen LogP contribution in [0.25, 0.3) is 16.9 Å². The van der Waals surface area contributed by atoms with Crippen molar-refractivity contribution in [2.45, 2.75) is 19.5 Å². The summed E-state index contributed by atoms with van der Waals surface area (Å²) in [7, 11) is 0. The molecule has 38 heavy (non-hydrogen) atoms. The molecule has 0 aliphatic carbocycles. The van der Waals surface area contributed by atoms with Crippen molar-refractivity contribution in [2.75, 3.05) is 11.9 Å². The van der Waals surface area contributed by atoms with Gasteiger partial charge in [0.25, 0.3) is 0 Å². The summed E-state index contributed by atoms with van der Waals surface area (Å²) in [4.78, 5) is 14.9. The lowest BCUT2D eigenvalue weighted by molar-refractivity contribution is 0.206. The number of carbonyl (C=O) groups is 1. The highest BCUT2D eigenvalue weighted by atomic mass is 35.5. The van der Waals surface area contributed by atoms with E-state index in [4.69, 9.17) is 28.3 Å². The fourth-order valence-electron chi connectivity index (χ4n) is 4.62. The van der Waals surface area contributed by atoms with Crippen molar-refractivity contribution in [3.8, 4) is 16.9 Å². The molecule has 3 aromatic carbocycles. The summed E-state index contributed by atoms with van der Waals surface area (Å²) < 4.78 is 3.65. The number of amides is 2. The SMILES string of the molecule is O=C(Nc1ccccc1)N1CCc2c(c(-c3ccccc3)nn2Cc2cn(-c3ccc(Cl)c(Cl)c3)nn2)C1. The molecule has 0 atom stereocenters. The molecule has 0 fully saturated rings. The van der Waals surface area contributed by atoms with E-state index in [-0.39, 0.29) is 6.03 Å². The van der Waals surface area contributed by atoms with Crippen molar-refractivity contribution in [1.82, 2.24) is 29.7 Å². The summed E-state index contributed by atoms with van der Waals surface area (Å²) in [6, 6.07) is 24.7. The zero-order valence-corrected chi connectivity index (χ0v) is 21.8. The number of carbonyl (C=O) groups excluding carboxylic acids is 1. The molecule has 1 aliphatic rings. The highest BCUT2D eigenvalue weighted by Crippen LogP contribution is 2.31. The molecule has 2 aromatic heterocycles. The number of para-hydroxylation sites is 1. The molecule has 190 valence electrons. The summed E-state index contributed by atoms with van der Waals surface area (Å²) in [5.74, 6) is 0. The average molecular weight is 544 g/mol. The van der Waals surface area contributed by atoms with Crippen LogP contribution in [0.15, 0.2) is 85.1 Å². The highest BCUT2D eigenvalue weighted by Gasteiger charge is 2.28. The van der Waals surface area contributed by atoms with E-state index >= 15 is 0 Å². The first-order valence-corrected chi connectivity index (χ1v) is 12.9. The number of nitrogens with zero attached hydrogens (tertiary/aromatic N) is 6. The van der Waals surface area contributed by atoms with Crippen LogP contribution >= 0.6 is 23.2 Å². The standard InChI is InChI=1S/C28H23Cl2N7O/c29-24-12-11-22(15-25(24)30)36-16-21(32-34-36)17-37-26-13-14-35(28(38)31-20-9-5-2-6-10-20)18-23(26)27(33-37)19-7-3-1-4-8-19/h1-12,15-16H,13-14,17-18H2,(H,31,38). The minimum Gasteiger partial charge on any atom is -0.320 e. The monoisotopic (exact) mass is 543 g/mol. The van der Waals surface area contributed by atoms with Gasteiger partial charge in [-0.15, -0.1) is 5.10 Å². The molecule has 1 aliphatic heterocycles. The van der Waals surface area contributed by atoms with Gasteiger partial charge in [0.05, 0.1) is 40.7 Å². The molecular formula is C28H23Cl2N7O. The van der Waals surface area contributed by atoms with Crippen LogP contribution in [0.5, 0.6) is 0 Å². The molecule has 0 radical (unpaired) electrons. The van der Waals surface area contributed by atoms with E-state index in [1.807, 2.05) is 82.5 Å². The highest BCUT2D eigenvalue weighted by molar-refractivity contribution is 6.42. The van der Waals surface area contributed by atoms with Gasteiger partial charge in [-0.25, -0.2) is 9.48 Å². The van der Waals surface area contributed by atoms with Gasteiger partial charge in [-0.1, -0.05) is 76.9 Å². The third-order valence-electron chi connectivity index (χ3n) is 6.51. The molecule has 5 aromatic rings. The minimum absolute atomic E-state index is 0.127. The van der Waals surface area contributed by atoms with Gasteiger partial charge < -0.3 is 10.2 Å². The average Bonchev–Trinajstić information content (AvgIpc) is 3.56. The Morgan fingerprint density at radius 2 is 1.71 bits per heavy atom. The van der Waals surface area contributed by atoms with Gasteiger partial charge in [0.2, 0.25) is 0 Å². The second-order valence-electron chi connectivity index (χ2n) is 9.02. The first-order chi connectivity index (χ1) is 18.5. The number of hydrogen-bond acceptors (Lipinski definition) is 4. The summed E-state index contributed by atoms with van der Waals surface area (Å²) >= 11 is 12.2. The smallest absolute Gasteiger partial charge is 0.320 e. The normalized spacial score (nSPS) is 12.8. The third kappa shape index (κ3) is 4.88. The van der Waals surface area contributed by atoms with E-state index in [0.29, 0.717) is 36.1 Å². The van der Waals surface area contributed by atoms with Gasteiger partial charge in [0, 0.05) is 35.5 Å². The Kier molecular flexibility index (Phi) is 6.57. The topological polar surface area (TPSA) is 80.9 Å². The molecule has 0 spiro atoms. The number of rotatable bonds is 5. The van der Waals surface area contributed by atoms with E-state index < -0.39 is 0 Å². The van der Waals surface area contributed by atoms with Crippen LogP contribution in [-0.4, -0.2) is 42.3 Å². The molecule has 8 nitrogen and oxygen atoms in total. The van der Waals surface area contributed by atoms with Crippen LogP contribution in [0, 0.1) is 0 Å². The number of benzene rings is 3. The van der Waals surface area contributed by atoms with Crippen molar-refractivity contribution in [1.29, 1.82) is 0 Å². The fourth-order valence-corrected chi connectivity index (χ4v) is 4.92. The Hall–Kier alpha value is -4.14. The maximum absolute atomic E-state index is 13.1. The van der Waals surface area contributed by atoms with Crippen LogP contribution in [0.1, 0.15) is 17.0 Å². The predicted octanol–water partition coefficient (Wildman–Crippen LogP) is 6.08. The molecule has 0 bridgehead atoms. The van der Waals surface area contributed by atoms with Crippen LogP contribution in [-0.2, 0) is 19.5 Å². The molecule has 10 heteroatoms. The van der Waals surface area contributed by atoms with Crippen molar-refractivity contribution in [2.24, 2.45) is 0 Å². The van der Waals surface area contributed by atoms with E-state index in [1.165, 1.54) is 0 Å². The Bertz CT molecular complexity index is 1600. The predicted molar refractivity (Wildman–Crippen MR) is 148 cm³/mol. The van der Waals surface area contributed by atoms with Gasteiger partial charge in [-0.2, -0.15) is 5.10 Å². The number of halogens is 2. The van der Waals surface area contributed by atoms with E-state index in [2.05, 4.69) is 15.6 Å². The molecule has 0 unspecified atom stereocenters. The molecule has 0 saturated heterocycles. The van der Waals surface area contributed by atoms with Gasteiger partial charge in [-0.05, 0) is 30.3 Å². The van der Waals surface area contributed by atoms with Crippen LogP contribution in [0.4, 0.5) is 10.5 Å². The van der Waals surface area contributed by atoms with Gasteiger partial charge >= 0.3 is 6.03 Å². The van der Waals surface area contributed by atoms with Gasteiger partial charge in [0.15, 0.2) is 0 Å². The lowest BCUT2D eigenvalue weighted by Crippen LogP contribution is -2.39. The first kappa shape index (κ1) is 24.2. The zero-order chi connectivity index (χ0) is 26.1. The second kappa shape index (κ2) is 10.3. The lowest BCUT2D eigenvalue weighted by Gasteiger charge is -2.28. The fraction of sp³-hybridized carbons (Fsp3) is 0.143. The van der Waals surface area contributed by atoms with Crippen molar-refractivity contribution >= 4 is 34.9 Å². The Labute approximate surface area is 229 Å². The maximum atomic E-state index is 13.1. The van der Waals surface area contributed by atoms with E-state index in [9.17, 15) is 4.79 Å². The Morgan fingerprint density at radius 3 is 2.47 bits per heavy atom. The lowest BCUT2D eigenvalue weighted by atomic mass is 10.0.